The Kier molecular flexibility index (Phi) is 2.25. The number of oxime groups is 1. The molecule has 1 rings (SSSR count). The zero-order valence-electron chi connectivity index (χ0n) is 6.90. The lowest BCUT2D eigenvalue weighted by Gasteiger charge is -1.85. The quantitative estimate of drug-likeness (QED) is 0.463. The van der Waals surface area contributed by atoms with Crippen LogP contribution in [0.2, 0.25) is 0 Å². The fourth-order valence-corrected chi connectivity index (χ4v) is 0.854. The summed E-state index contributed by atoms with van der Waals surface area (Å²) in [7, 11) is 3.39. The van der Waals surface area contributed by atoms with Crippen LogP contribution in [0, 0.1) is 6.92 Å². The van der Waals surface area contributed by atoms with Crippen molar-refractivity contribution >= 4 is 6.21 Å². The first-order valence-corrected chi connectivity index (χ1v) is 3.31. The van der Waals surface area contributed by atoms with Gasteiger partial charge in [0.25, 0.3) is 0 Å². The van der Waals surface area contributed by atoms with Gasteiger partial charge in [-0.2, -0.15) is 5.10 Å². The lowest BCUT2D eigenvalue weighted by molar-refractivity contribution is 0.215. The minimum atomic E-state index is 0.952. The molecule has 0 spiro atoms. The van der Waals surface area contributed by atoms with Crippen molar-refractivity contribution in [2.75, 3.05) is 7.11 Å². The van der Waals surface area contributed by atoms with Crippen molar-refractivity contribution in [1.29, 1.82) is 0 Å². The molecule has 1 aromatic rings. The summed E-state index contributed by atoms with van der Waals surface area (Å²) in [5, 5.41) is 7.77. The Hall–Kier alpha value is -1.32. The van der Waals surface area contributed by atoms with Gasteiger partial charge < -0.3 is 4.84 Å². The summed E-state index contributed by atoms with van der Waals surface area (Å²) in [6.07, 6.45) is 3.53. The lowest BCUT2D eigenvalue weighted by Crippen LogP contribution is -1.86. The predicted octanol–water partition coefficient (Wildman–Crippen LogP) is 0.709. The summed E-state index contributed by atoms with van der Waals surface area (Å²) in [6.45, 7) is 1.93. The van der Waals surface area contributed by atoms with Crippen LogP contribution in [0.25, 0.3) is 0 Å². The van der Waals surface area contributed by atoms with Gasteiger partial charge in [-0.3, -0.25) is 4.68 Å². The number of rotatable bonds is 2. The first-order valence-electron chi connectivity index (χ1n) is 3.31. The van der Waals surface area contributed by atoms with Crippen LogP contribution < -0.4 is 0 Å². The third kappa shape index (κ3) is 1.80. The van der Waals surface area contributed by atoms with Crippen LogP contribution in [-0.4, -0.2) is 23.1 Å². The molecule has 0 aliphatic carbocycles. The average molecular weight is 153 g/mol. The third-order valence-corrected chi connectivity index (χ3v) is 1.35. The van der Waals surface area contributed by atoms with E-state index in [1.54, 1.807) is 10.9 Å². The molecular formula is C7H11N3O. The van der Waals surface area contributed by atoms with E-state index < -0.39 is 0 Å². The van der Waals surface area contributed by atoms with Crippen molar-refractivity contribution in [3.8, 4) is 0 Å². The van der Waals surface area contributed by atoms with E-state index in [1.165, 1.54) is 7.11 Å². The molecule has 11 heavy (non-hydrogen) atoms. The molecule has 0 aliphatic heterocycles. The van der Waals surface area contributed by atoms with E-state index in [2.05, 4.69) is 15.1 Å². The van der Waals surface area contributed by atoms with Crippen molar-refractivity contribution in [3.05, 3.63) is 17.5 Å². The van der Waals surface area contributed by atoms with Crippen molar-refractivity contribution in [2.45, 2.75) is 6.92 Å². The van der Waals surface area contributed by atoms with E-state index in [1.807, 2.05) is 20.2 Å². The summed E-state index contributed by atoms with van der Waals surface area (Å²) < 4.78 is 1.74. The second kappa shape index (κ2) is 3.18. The van der Waals surface area contributed by atoms with E-state index in [0.29, 0.717) is 0 Å². The Balaban J connectivity index is 2.85. The molecule has 0 aliphatic rings. The molecular weight excluding hydrogens is 142 g/mol. The largest absolute Gasteiger partial charge is 0.399 e. The molecule has 0 bridgehead atoms. The van der Waals surface area contributed by atoms with Crippen LogP contribution in [0.5, 0.6) is 0 Å². The van der Waals surface area contributed by atoms with E-state index in [0.717, 1.165) is 11.3 Å². The fourth-order valence-electron chi connectivity index (χ4n) is 0.854. The van der Waals surface area contributed by atoms with Gasteiger partial charge in [-0.05, 0) is 6.92 Å². The number of hydrogen-bond donors (Lipinski definition) is 0. The molecule has 4 nitrogen and oxygen atoms in total. The first kappa shape index (κ1) is 7.78. The van der Waals surface area contributed by atoms with Crippen LogP contribution in [0.1, 0.15) is 11.3 Å². The van der Waals surface area contributed by atoms with E-state index in [4.69, 9.17) is 0 Å². The summed E-state index contributed by atoms with van der Waals surface area (Å²) >= 11 is 0. The zero-order chi connectivity index (χ0) is 8.27. The molecule has 1 heterocycles. The molecule has 0 unspecified atom stereocenters. The van der Waals surface area contributed by atoms with Gasteiger partial charge in [-0.25, -0.2) is 0 Å². The van der Waals surface area contributed by atoms with Gasteiger partial charge in [0.1, 0.15) is 7.11 Å². The predicted molar refractivity (Wildman–Crippen MR) is 42.5 cm³/mol. The Morgan fingerprint density at radius 3 is 2.91 bits per heavy atom. The molecule has 0 atom stereocenters. The molecule has 60 valence electrons. The minimum Gasteiger partial charge on any atom is -0.399 e. The summed E-state index contributed by atoms with van der Waals surface area (Å²) in [4.78, 5) is 4.54. The Morgan fingerprint density at radius 1 is 1.73 bits per heavy atom. The van der Waals surface area contributed by atoms with E-state index >= 15 is 0 Å². The highest BCUT2D eigenvalue weighted by Crippen LogP contribution is 2.00. The van der Waals surface area contributed by atoms with Gasteiger partial charge in [-0.1, -0.05) is 5.16 Å². The van der Waals surface area contributed by atoms with Gasteiger partial charge in [0.15, 0.2) is 0 Å². The van der Waals surface area contributed by atoms with Crippen molar-refractivity contribution < 1.29 is 4.84 Å². The van der Waals surface area contributed by atoms with Crippen LogP contribution in [0.3, 0.4) is 0 Å². The van der Waals surface area contributed by atoms with Crippen molar-refractivity contribution in [1.82, 2.24) is 9.78 Å². The molecule has 0 N–H and O–H groups in total. The maximum Gasteiger partial charge on any atom is 0.106 e. The van der Waals surface area contributed by atoms with Crippen LogP contribution in [0.15, 0.2) is 11.4 Å². The maximum atomic E-state index is 4.54. The number of nitrogens with zero attached hydrogens (tertiary/aromatic N) is 3. The lowest BCUT2D eigenvalue weighted by atomic mass is 10.3. The molecule has 0 fully saturated rings. The first-order chi connectivity index (χ1) is 5.24. The Bertz CT molecular complexity index is 265. The molecule has 4 heteroatoms. The van der Waals surface area contributed by atoms with Crippen LogP contribution in [0.4, 0.5) is 0 Å². The van der Waals surface area contributed by atoms with Crippen LogP contribution in [-0.2, 0) is 11.9 Å². The summed E-state index contributed by atoms with van der Waals surface area (Å²) in [5.41, 5.74) is 1.93. The van der Waals surface area contributed by atoms with Gasteiger partial charge in [-0.15, -0.1) is 0 Å². The molecule has 0 saturated carbocycles. The summed E-state index contributed by atoms with van der Waals surface area (Å²) in [6, 6.07) is 0. The third-order valence-electron chi connectivity index (χ3n) is 1.35. The highest BCUT2D eigenvalue weighted by molar-refractivity contribution is 5.80. The Morgan fingerprint density at radius 2 is 2.45 bits per heavy atom. The normalized spacial score (nSPS) is 10.8. The average Bonchev–Trinajstić information content (AvgIpc) is 2.26. The number of aryl methyl sites for hydroxylation is 2. The minimum absolute atomic E-state index is 0.952. The number of hydrogen-bond acceptors (Lipinski definition) is 3. The molecule has 0 aromatic carbocycles. The van der Waals surface area contributed by atoms with Gasteiger partial charge >= 0.3 is 0 Å². The fraction of sp³-hybridized carbons (Fsp3) is 0.429. The molecule has 0 amide bonds. The van der Waals surface area contributed by atoms with E-state index in [-0.39, 0.29) is 0 Å². The molecule has 0 saturated heterocycles. The monoisotopic (exact) mass is 153 g/mol. The van der Waals surface area contributed by atoms with E-state index in [9.17, 15) is 0 Å². The Labute approximate surface area is 65.5 Å². The summed E-state index contributed by atoms with van der Waals surface area (Å²) in [5.74, 6) is 0. The van der Waals surface area contributed by atoms with Gasteiger partial charge in [0.05, 0.1) is 11.9 Å². The van der Waals surface area contributed by atoms with Gasteiger partial charge in [0.2, 0.25) is 0 Å². The highest BCUT2D eigenvalue weighted by atomic mass is 16.6. The van der Waals surface area contributed by atoms with Crippen LogP contribution >= 0.6 is 0 Å². The van der Waals surface area contributed by atoms with Crippen molar-refractivity contribution in [3.63, 3.8) is 0 Å². The number of aromatic nitrogens is 2. The highest BCUT2D eigenvalue weighted by Gasteiger charge is 1.98. The molecule has 1 aromatic heterocycles. The van der Waals surface area contributed by atoms with Crippen molar-refractivity contribution in [2.24, 2.45) is 12.2 Å². The maximum absolute atomic E-state index is 4.54. The zero-order valence-corrected chi connectivity index (χ0v) is 6.90. The smallest absolute Gasteiger partial charge is 0.106 e. The van der Waals surface area contributed by atoms with Gasteiger partial charge in [0, 0.05) is 18.8 Å². The standard InChI is InChI=1S/C7H11N3O/c1-6-7(4-8-11-3)5-10(2)9-6/h4-5H,1-3H3/b8-4+. The molecule has 0 radical (unpaired) electrons. The second-order valence-electron chi connectivity index (χ2n) is 2.26. The SMILES string of the molecule is CO/N=C/c1cn(C)nc1C. The second-order valence-corrected chi connectivity index (χ2v) is 2.26. The topological polar surface area (TPSA) is 39.4 Å².